The highest BCUT2D eigenvalue weighted by Crippen LogP contribution is 2.29. The van der Waals surface area contributed by atoms with E-state index in [2.05, 4.69) is 15.5 Å². The molecule has 3 atom stereocenters. The van der Waals surface area contributed by atoms with E-state index in [1.54, 1.807) is 11.7 Å². The molecule has 0 radical (unpaired) electrons. The maximum atomic E-state index is 6.09. The Morgan fingerprint density at radius 1 is 1.64 bits per heavy atom. The van der Waals surface area contributed by atoms with Crippen LogP contribution in [0.3, 0.4) is 0 Å². The van der Waals surface area contributed by atoms with Gasteiger partial charge >= 0.3 is 0 Å². The Kier molecular flexibility index (Phi) is 2.47. The fourth-order valence-electron chi connectivity index (χ4n) is 1.93. The molecular formula is C8H15N5O. The van der Waals surface area contributed by atoms with Crippen molar-refractivity contribution in [2.75, 3.05) is 6.61 Å². The van der Waals surface area contributed by atoms with E-state index in [4.69, 9.17) is 10.5 Å². The highest BCUT2D eigenvalue weighted by molar-refractivity contribution is 4.96. The van der Waals surface area contributed by atoms with Gasteiger partial charge in [-0.25, -0.2) is 4.68 Å². The van der Waals surface area contributed by atoms with Crippen molar-refractivity contribution >= 4 is 0 Å². The molecule has 1 aromatic heterocycles. The lowest BCUT2D eigenvalue weighted by atomic mass is 9.94. The molecule has 3 unspecified atom stereocenters. The lowest BCUT2D eigenvalue weighted by Crippen LogP contribution is -2.29. The molecule has 78 valence electrons. The molecule has 1 saturated heterocycles. The van der Waals surface area contributed by atoms with Gasteiger partial charge in [0.05, 0.1) is 12.1 Å². The smallest absolute Gasteiger partial charge is 0.168 e. The lowest BCUT2D eigenvalue weighted by Gasteiger charge is -2.20. The molecule has 6 heteroatoms. The van der Waals surface area contributed by atoms with E-state index in [0.717, 1.165) is 18.9 Å². The Labute approximate surface area is 82.4 Å². The molecule has 0 aromatic carbocycles. The SMILES string of the molecule is CC1OCCC1C(N)c1nnnn1C. The Morgan fingerprint density at radius 2 is 2.43 bits per heavy atom. The van der Waals surface area contributed by atoms with Gasteiger partial charge in [0.2, 0.25) is 0 Å². The van der Waals surface area contributed by atoms with Crippen LogP contribution in [0.1, 0.15) is 25.2 Å². The second-order valence-electron chi connectivity index (χ2n) is 3.71. The van der Waals surface area contributed by atoms with Gasteiger partial charge in [0.1, 0.15) is 0 Å². The van der Waals surface area contributed by atoms with Crippen LogP contribution in [-0.4, -0.2) is 32.9 Å². The van der Waals surface area contributed by atoms with E-state index < -0.39 is 0 Å². The van der Waals surface area contributed by atoms with Gasteiger partial charge in [-0.3, -0.25) is 0 Å². The van der Waals surface area contributed by atoms with Crippen LogP contribution in [0, 0.1) is 5.92 Å². The van der Waals surface area contributed by atoms with Crippen molar-refractivity contribution in [2.24, 2.45) is 18.7 Å². The summed E-state index contributed by atoms with van der Waals surface area (Å²) < 4.78 is 7.09. The van der Waals surface area contributed by atoms with E-state index in [1.165, 1.54) is 0 Å². The van der Waals surface area contributed by atoms with Crippen LogP contribution < -0.4 is 5.73 Å². The molecule has 0 saturated carbocycles. The molecular weight excluding hydrogens is 182 g/mol. The summed E-state index contributed by atoms with van der Waals surface area (Å²) in [6.45, 7) is 2.83. The van der Waals surface area contributed by atoms with Crippen molar-refractivity contribution in [3.63, 3.8) is 0 Å². The number of rotatable bonds is 2. The number of hydrogen-bond donors (Lipinski definition) is 1. The normalized spacial score (nSPS) is 29.4. The third-order valence-corrected chi connectivity index (χ3v) is 2.85. The van der Waals surface area contributed by atoms with Crippen molar-refractivity contribution in [3.8, 4) is 0 Å². The van der Waals surface area contributed by atoms with Crippen LogP contribution in [0.4, 0.5) is 0 Å². The largest absolute Gasteiger partial charge is 0.378 e. The summed E-state index contributed by atoms with van der Waals surface area (Å²) in [6.07, 6.45) is 1.18. The molecule has 0 amide bonds. The van der Waals surface area contributed by atoms with Gasteiger partial charge in [0, 0.05) is 19.6 Å². The fourth-order valence-corrected chi connectivity index (χ4v) is 1.93. The van der Waals surface area contributed by atoms with Gasteiger partial charge in [0.25, 0.3) is 0 Å². The van der Waals surface area contributed by atoms with Crippen LogP contribution >= 0.6 is 0 Å². The molecule has 0 aliphatic carbocycles. The second kappa shape index (κ2) is 3.62. The molecule has 1 aromatic rings. The zero-order chi connectivity index (χ0) is 10.1. The van der Waals surface area contributed by atoms with E-state index >= 15 is 0 Å². The molecule has 2 N–H and O–H groups in total. The number of aromatic nitrogens is 4. The van der Waals surface area contributed by atoms with Crippen molar-refractivity contribution in [1.29, 1.82) is 0 Å². The molecule has 2 rings (SSSR count). The van der Waals surface area contributed by atoms with Gasteiger partial charge in [0.15, 0.2) is 5.82 Å². The molecule has 1 aliphatic rings. The quantitative estimate of drug-likeness (QED) is 0.700. The van der Waals surface area contributed by atoms with E-state index in [-0.39, 0.29) is 12.1 Å². The Balaban J connectivity index is 2.15. The summed E-state index contributed by atoms with van der Waals surface area (Å²) in [6, 6.07) is -0.132. The lowest BCUT2D eigenvalue weighted by molar-refractivity contribution is 0.0983. The number of aryl methyl sites for hydroxylation is 1. The average Bonchev–Trinajstić information content (AvgIpc) is 2.73. The van der Waals surface area contributed by atoms with Gasteiger partial charge in [-0.2, -0.15) is 0 Å². The first kappa shape index (κ1) is 9.54. The predicted octanol–water partition coefficient (Wildman–Crippen LogP) is -0.365. The summed E-state index contributed by atoms with van der Waals surface area (Å²) in [5, 5.41) is 11.3. The summed E-state index contributed by atoms with van der Waals surface area (Å²) in [5.41, 5.74) is 6.09. The summed E-state index contributed by atoms with van der Waals surface area (Å²) in [5.74, 6) is 1.05. The number of nitrogens with two attached hydrogens (primary N) is 1. The van der Waals surface area contributed by atoms with Crippen molar-refractivity contribution in [1.82, 2.24) is 20.2 Å². The number of tetrazole rings is 1. The monoisotopic (exact) mass is 197 g/mol. The minimum absolute atomic E-state index is 0.132. The molecule has 1 aliphatic heterocycles. The minimum Gasteiger partial charge on any atom is -0.378 e. The van der Waals surface area contributed by atoms with Crippen molar-refractivity contribution in [2.45, 2.75) is 25.5 Å². The first-order valence-corrected chi connectivity index (χ1v) is 4.79. The zero-order valence-electron chi connectivity index (χ0n) is 8.42. The molecule has 2 heterocycles. The van der Waals surface area contributed by atoms with E-state index in [1.807, 2.05) is 6.92 Å². The molecule has 6 nitrogen and oxygen atoms in total. The summed E-state index contributed by atoms with van der Waals surface area (Å²) >= 11 is 0. The fraction of sp³-hybridized carbons (Fsp3) is 0.875. The van der Waals surface area contributed by atoms with Gasteiger partial charge in [-0.05, 0) is 23.8 Å². The van der Waals surface area contributed by atoms with Crippen molar-refractivity contribution in [3.05, 3.63) is 5.82 Å². The van der Waals surface area contributed by atoms with Crippen molar-refractivity contribution < 1.29 is 4.74 Å². The van der Waals surface area contributed by atoms with Gasteiger partial charge < -0.3 is 10.5 Å². The topological polar surface area (TPSA) is 78.8 Å². The Hall–Kier alpha value is -1.01. The highest BCUT2D eigenvalue weighted by atomic mass is 16.5. The predicted molar refractivity (Wildman–Crippen MR) is 49.2 cm³/mol. The number of ether oxygens (including phenoxy) is 1. The maximum absolute atomic E-state index is 6.09. The van der Waals surface area contributed by atoms with Gasteiger partial charge in [-0.1, -0.05) is 0 Å². The summed E-state index contributed by atoms with van der Waals surface area (Å²) in [7, 11) is 1.80. The first-order valence-electron chi connectivity index (χ1n) is 4.79. The van der Waals surface area contributed by atoms with E-state index in [0.29, 0.717) is 5.92 Å². The molecule has 0 spiro atoms. The number of hydrogen-bond acceptors (Lipinski definition) is 5. The Morgan fingerprint density at radius 3 is 2.93 bits per heavy atom. The zero-order valence-corrected chi connectivity index (χ0v) is 8.42. The second-order valence-corrected chi connectivity index (χ2v) is 3.71. The van der Waals surface area contributed by atoms with Crippen LogP contribution in [0.2, 0.25) is 0 Å². The summed E-state index contributed by atoms with van der Waals surface area (Å²) in [4.78, 5) is 0. The maximum Gasteiger partial charge on any atom is 0.168 e. The Bertz CT molecular complexity index is 312. The van der Waals surface area contributed by atoms with Crippen LogP contribution in [0.5, 0.6) is 0 Å². The van der Waals surface area contributed by atoms with E-state index in [9.17, 15) is 0 Å². The van der Waals surface area contributed by atoms with Crippen LogP contribution in [0.25, 0.3) is 0 Å². The third kappa shape index (κ3) is 1.51. The molecule has 0 bridgehead atoms. The first-order chi connectivity index (χ1) is 6.70. The number of nitrogens with zero attached hydrogens (tertiary/aromatic N) is 4. The van der Waals surface area contributed by atoms with Crippen LogP contribution in [0.15, 0.2) is 0 Å². The van der Waals surface area contributed by atoms with Gasteiger partial charge in [-0.15, -0.1) is 5.10 Å². The minimum atomic E-state index is -0.132. The average molecular weight is 197 g/mol. The highest BCUT2D eigenvalue weighted by Gasteiger charge is 2.32. The standard InChI is InChI=1S/C8H15N5O/c1-5-6(3-4-14-5)7(9)8-10-11-12-13(8)2/h5-7H,3-4,9H2,1-2H3. The molecule has 1 fully saturated rings. The molecule has 14 heavy (non-hydrogen) atoms. The van der Waals surface area contributed by atoms with Crippen LogP contribution in [-0.2, 0) is 11.8 Å². The third-order valence-electron chi connectivity index (χ3n) is 2.85.